The molecule has 1 aliphatic rings. The van der Waals surface area contributed by atoms with Crippen molar-refractivity contribution in [1.82, 2.24) is 4.90 Å². The molecular weight excluding hydrogens is 507 g/mol. The van der Waals surface area contributed by atoms with Crippen molar-refractivity contribution < 1.29 is 19.1 Å². The summed E-state index contributed by atoms with van der Waals surface area (Å²) in [6.45, 7) is 1.78. The highest BCUT2D eigenvalue weighted by atomic mass is 35.5. The Morgan fingerprint density at radius 1 is 1.06 bits per heavy atom. The fourth-order valence-corrected chi connectivity index (χ4v) is 4.51. The number of carbonyl (C=O) groups excluding carboxylic acids is 3. The van der Waals surface area contributed by atoms with Crippen molar-refractivity contribution in [3.05, 3.63) is 98.4 Å². The van der Waals surface area contributed by atoms with E-state index in [0.29, 0.717) is 27.0 Å². The van der Waals surface area contributed by atoms with Gasteiger partial charge in [-0.2, -0.15) is 0 Å². The van der Waals surface area contributed by atoms with Crippen molar-refractivity contribution in [3.63, 3.8) is 0 Å². The first kappa shape index (κ1) is 24.9. The summed E-state index contributed by atoms with van der Waals surface area (Å²) >= 11 is 13.1. The molecule has 1 N–H and O–H groups in total. The highest BCUT2D eigenvalue weighted by molar-refractivity contribution is 8.18. The van der Waals surface area contributed by atoms with Crippen LogP contribution in [0.5, 0.6) is 5.75 Å². The molecule has 4 rings (SSSR count). The van der Waals surface area contributed by atoms with Crippen molar-refractivity contribution in [2.45, 2.75) is 13.5 Å². The van der Waals surface area contributed by atoms with Crippen LogP contribution in [0.3, 0.4) is 0 Å². The Balaban J connectivity index is 1.47. The summed E-state index contributed by atoms with van der Waals surface area (Å²) < 4.78 is 5.71. The van der Waals surface area contributed by atoms with Crippen LogP contribution in [0.25, 0.3) is 6.08 Å². The third kappa shape index (κ3) is 6.25. The maximum absolute atomic E-state index is 12.9. The second-order valence-corrected chi connectivity index (χ2v) is 9.57. The van der Waals surface area contributed by atoms with E-state index in [9.17, 15) is 14.4 Å². The SMILES string of the molecule is Cc1ccc(NC(=O)COc2ccc(Cl)cc2/C=C2\SC(=O)N(Cc3ccccc3)C2=O)cc1Cl. The summed E-state index contributed by atoms with van der Waals surface area (Å²) in [5.41, 5.74) is 2.79. The van der Waals surface area contributed by atoms with Gasteiger partial charge in [-0.3, -0.25) is 19.3 Å². The van der Waals surface area contributed by atoms with Gasteiger partial charge < -0.3 is 10.1 Å². The van der Waals surface area contributed by atoms with Gasteiger partial charge in [0.25, 0.3) is 17.1 Å². The van der Waals surface area contributed by atoms with Gasteiger partial charge in [0.05, 0.1) is 11.4 Å². The van der Waals surface area contributed by atoms with Crippen LogP contribution >= 0.6 is 35.0 Å². The fourth-order valence-electron chi connectivity index (χ4n) is 3.32. The first-order valence-electron chi connectivity index (χ1n) is 10.6. The quantitative estimate of drug-likeness (QED) is 0.353. The van der Waals surface area contributed by atoms with Crippen LogP contribution in [0.1, 0.15) is 16.7 Å². The van der Waals surface area contributed by atoms with Gasteiger partial charge in [-0.05, 0) is 66.2 Å². The molecule has 9 heteroatoms. The van der Waals surface area contributed by atoms with E-state index in [2.05, 4.69) is 5.32 Å². The van der Waals surface area contributed by atoms with Crippen LogP contribution in [0.4, 0.5) is 10.5 Å². The molecule has 0 radical (unpaired) electrons. The number of carbonyl (C=O) groups is 3. The van der Waals surface area contributed by atoms with Crippen LogP contribution in [0.15, 0.2) is 71.6 Å². The number of rotatable bonds is 7. The summed E-state index contributed by atoms with van der Waals surface area (Å²) in [5.74, 6) is -0.431. The van der Waals surface area contributed by atoms with Gasteiger partial charge in [0.2, 0.25) is 0 Å². The van der Waals surface area contributed by atoms with Crippen LogP contribution in [-0.2, 0) is 16.1 Å². The fraction of sp³-hybridized carbons (Fsp3) is 0.115. The molecule has 1 aliphatic heterocycles. The smallest absolute Gasteiger partial charge is 0.293 e. The number of anilines is 1. The summed E-state index contributed by atoms with van der Waals surface area (Å²) in [5, 5.41) is 3.34. The molecule has 0 atom stereocenters. The number of aryl methyl sites for hydroxylation is 1. The third-order valence-corrected chi connectivity index (χ3v) is 6.68. The van der Waals surface area contributed by atoms with Crippen molar-refractivity contribution >= 4 is 63.8 Å². The Morgan fingerprint density at radius 2 is 1.83 bits per heavy atom. The highest BCUT2D eigenvalue weighted by Gasteiger charge is 2.35. The number of hydrogen-bond donors (Lipinski definition) is 1. The minimum atomic E-state index is -0.399. The van der Waals surface area contributed by atoms with Crippen LogP contribution in [0.2, 0.25) is 10.0 Å². The third-order valence-electron chi connectivity index (χ3n) is 5.13. The Kier molecular flexibility index (Phi) is 7.80. The van der Waals surface area contributed by atoms with Gasteiger partial charge in [-0.25, -0.2) is 0 Å². The lowest BCUT2D eigenvalue weighted by Crippen LogP contribution is -2.27. The Bertz CT molecular complexity index is 1330. The average Bonchev–Trinajstić information content (AvgIpc) is 3.09. The van der Waals surface area contributed by atoms with Crippen molar-refractivity contribution in [3.8, 4) is 5.75 Å². The van der Waals surface area contributed by atoms with Gasteiger partial charge in [0.15, 0.2) is 6.61 Å². The molecule has 35 heavy (non-hydrogen) atoms. The Labute approximate surface area is 216 Å². The lowest BCUT2D eigenvalue weighted by Gasteiger charge is -2.12. The van der Waals surface area contributed by atoms with Gasteiger partial charge in [0, 0.05) is 21.3 Å². The van der Waals surface area contributed by atoms with E-state index in [1.165, 1.54) is 4.90 Å². The lowest BCUT2D eigenvalue weighted by atomic mass is 10.1. The molecule has 0 aromatic heterocycles. The number of nitrogens with one attached hydrogen (secondary N) is 1. The Morgan fingerprint density at radius 3 is 2.57 bits per heavy atom. The normalized spacial score (nSPS) is 14.5. The zero-order valence-electron chi connectivity index (χ0n) is 18.6. The summed E-state index contributed by atoms with van der Waals surface area (Å²) in [4.78, 5) is 39.2. The molecule has 3 aromatic carbocycles. The van der Waals surface area contributed by atoms with E-state index in [4.69, 9.17) is 27.9 Å². The van der Waals surface area contributed by atoms with E-state index in [1.54, 1.807) is 42.5 Å². The standard InChI is InChI=1S/C26H20Cl2N2O4S/c1-16-7-9-20(13-21(16)28)29-24(31)15-34-22-10-8-19(27)11-18(22)12-23-25(32)30(26(33)35-23)14-17-5-3-2-4-6-17/h2-13H,14-15H2,1H3,(H,29,31)/b23-12-. The number of imide groups is 1. The van der Waals surface area contributed by atoms with E-state index in [0.717, 1.165) is 22.9 Å². The van der Waals surface area contributed by atoms with Gasteiger partial charge >= 0.3 is 0 Å². The zero-order valence-corrected chi connectivity index (χ0v) is 20.9. The predicted molar refractivity (Wildman–Crippen MR) is 140 cm³/mol. The van der Waals surface area contributed by atoms with Crippen LogP contribution < -0.4 is 10.1 Å². The number of hydrogen-bond acceptors (Lipinski definition) is 5. The molecule has 1 heterocycles. The largest absolute Gasteiger partial charge is 0.483 e. The minimum absolute atomic E-state index is 0.185. The molecule has 178 valence electrons. The number of ether oxygens (including phenoxy) is 1. The molecule has 3 amide bonds. The summed E-state index contributed by atoms with van der Waals surface area (Å²) in [6, 6.07) is 19.3. The number of benzene rings is 3. The second kappa shape index (κ2) is 11.0. The molecule has 0 unspecified atom stereocenters. The predicted octanol–water partition coefficient (Wildman–Crippen LogP) is 6.56. The van der Waals surface area contributed by atoms with Gasteiger partial charge in [-0.1, -0.05) is 59.6 Å². The highest BCUT2D eigenvalue weighted by Crippen LogP contribution is 2.35. The lowest BCUT2D eigenvalue weighted by molar-refractivity contribution is -0.123. The summed E-state index contributed by atoms with van der Waals surface area (Å²) in [7, 11) is 0. The molecule has 1 fully saturated rings. The number of thioether (sulfide) groups is 1. The molecular formula is C26H20Cl2N2O4S. The monoisotopic (exact) mass is 526 g/mol. The van der Waals surface area contributed by atoms with Crippen molar-refractivity contribution in [1.29, 1.82) is 0 Å². The van der Waals surface area contributed by atoms with E-state index in [1.807, 2.05) is 37.3 Å². The molecule has 6 nitrogen and oxygen atoms in total. The van der Waals surface area contributed by atoms with Crippen LogP contribution in [-0.4, -0.2) is 28.6 Å². The number of halogens is 2. The molecule has 3 aromatic rings. The number of nitrogens with zero attached hydrogens (tertiary/aromatic N) is 1. The molecule has 0 spiro atoms. The van der Waals surface area contributed by atoms with Crippen molar-refractivity contribution in [2.75, 3.05) is 11.9 Å². The zero-order chi connectivity index (χ0) is 24.9. The molecule has 0 bridgehead atoms. The first-order chi connectivity index (χ1) is 16.8. The van der Waals surface area contributed by atoms with E-state index in [-0.39, 0.29) is 29.2 Å². The summed E-state index contributed by atoms with van der Waals surface area (Å²) in [6.07, 6.45) is 1.55. The van der Waals surface area contributed by atoms with Crippen LogP contribution in [0, 0.1) is 6.92 Å². The van der Waals surface area contributed by atoms with Gasteiger partial charge in [-0.15, -0.1) is 0 Å². The minimum Gasteiger partial charge on any atom is -0.483 e. The molecule has 0 aliphatic carbocycles. The Hall–Kier alpha value is -3.26. The molecule has 1 saturated heterocycles. The van der Waals surface area contributed by atoms with Crippen molar-refractivity contribution in [2.24, 2.45) is 0 Å². The first-order valence-corrected chi connectivity index (χ1v) is 12.1. The topological polar surface area (TPSA) is 75.7 Å². The van der Waals surface area contributed by atoms with Gasteiger partial charge in [0.1, 0.15) is 5.75 Å². The number of amides is 3. The maximum Gasteiger partial charge on any atom is 0.293 e. The molecule has 0 saturated carbocycles. The van der Waals surface area contributed by atoms with E-state index >= 15 is 0 Å². The van der Waals surface area contributed by atoms with E-state index < -0.39 is 5.91 Å². The average molecular weight is 527 g/mol. The second-order valence-electron chi connectivity index (χ2n) is 7.74. The maximum atomic E-state index is 12.9.